The van der Waals surface area contributed by atoms with E-state index in [0.29, 0.717) is 10.6 Å². The summed E-state index contributed by atoms with van der Waals surface area (Å²) in [6, 6.07) is 5.16. The average Bonchev–Trinajstić information content (AvgIpc) is 2.19. The maximum Gasteiger partial charge on any atom is 0.278 e. The van der Waals surface area contributed by atoms with Crippen LogP contribution in [0.1, 0.15) is 10.4 Å². The summed E-state index contributed by atoms with van der Waals surface area (Å²) in [4.78, 5) is 16.5. The quantitative estimate of drug-likeness (QED) is 0.618. The van der Waals surface area contributed by atoms with Gasteiger partial charge in [0.25, 0.3) is 5.91 Å². The number of hydroxylamine groups is 2. The van der Waals surface area contributed by atoms with E-state index in [1.807, 2.05) is 0 Å². The van der Waals surface area contributed by atoms with Gasteiger partial charge in [0.05, 0.1) is 12.7 Å². The van der Waals surface area contributed by atoms with Crippen molar-refractivity contribution < 1.29 is 9.63 Å². The Balaban J connectivity index is 3.06. The number of rotatable bonds is 2. The van der Waals surface area contributed by atoms with Crippen molar-refractivity contribution in [3.63, 3.8) is 0 Å². The van der Waals surface area contributed by atoms with E-state index in [0.717, 1.165) is 8.63 Å². The largest absolute Gasteiger partial charge is 0.278 e. The highest BCUT2D eigenvalue weighted by Gasteiger charge is 2.14. The van der Waals surface area contributed by atoms with Gasteiger partial charge in [0.2, 0.25) is 0 Å². The summed E-state index contributed by atoms with van der Waals surface area (Å²) in [6.45, 7) is 0. The van der Waals surface area contributed by atoms with Crippen molar-refractivity contribution in [1.82, 2.24) is 5.06 Å². The molecule has 0 fully saturated rings. The summed E-state index contributed by atoms with van der Waals surface area (Å²) >= 11 is 7.87. The molecule has 0 saturated heterocycles. The van der Waals surface area contributed by atoms with E-state index in [1.54, 1.807) is 25.2 Å². The van der Waals surface area contributed by atoms with E-state index in [2.05, 4.69) is 22.6 Å². The molecule has 0 aliphatic heterocycles. The minimum absolute atomic E-state index is 0.209. The zero-order chi connectivity index (χ0) is 10.7. The van der Waals surface area contributed by atoms with Gasteiger partial charge in [0.1, 0.15) is 0 Å². The molecule has 0 aliphatic carbocycles. The lowest BCUT2D eigenvalue weighted by Gasteiger charge is -2.14. The van der Waals surface area contributed by atoms with Gasteiger partial charge in [-0.05, 0) is 40.8 Å². The molecule has 0 radical (unpaired) electrons. The van der Waals surface area contributed by atoms with Crippen LogP contribution in [0.25, 0.3) is 0 Å². The van der Waals surface area contributed by atoms with Crippen molar-refractivity contribution in [2.24, 2.45) is 0 Å². The number of halogens is 2. The zero-order valence-corrected chi connectivity index (χ0v) is 10.7. The first-order chi connectivity index (χ1) is 6.56. The molecule has 0 unspecified atom stereocenters. The van der Waals surface area contributed by atoms with Crippen molar-refractivity contribution in [3.05, 3.63) is 32.4 Å². The molecule has 0 aliphatic rings. The smallest absolute Gasteiger partial charge is 0.274 e. The summed E-state index contributed by atoms with van der Waals surface area (Å²) < 4.78 is 0.848. The van der Waals surface area contributed by atoms with Gasteiger partial charge in [0, 0.05) is 15.6 Å². The number of amides is 1. The molecule has 1 amide bonds. The third kappa shape index (κ3) is 2.59. The predicted octanol–water partition coefficient (Wildman–Crippen LogP) is 2.58. The number of benzene rings is 1. The van der Waals surface area contributed by atoms with E-state index >= 15 is 0 Å². The molecule has 5 heteroatoms. The van der Waals surface area contributed by atoms with Crippen molar-refractivity contribution in [3.8, 4) is 0 Å². The lowest BCUT2D eigenvalue weighted by Crippen LogP contribution is -2.26. The molecule has 3 nitrogen and oxygen atoms in total. The molecule has 1 aromatic carbocycles. The van der Waals surface area contributed by atoms with Crippen LogP contribution in [0.2, 0.25) is 5.02 Å². The van der Waals surface area contributed by atoms with Crippen LogP contribution in [-0.4, -0.2) is 25.1 Å². The van der Waals surface area contributed by atoms with Crippen molar-refractivity contribution >= 4 is 40.1 Å². The van der Waals surface area contributed by atoms with Crippen LogP contribution in [0.3, 0.4) is 0 Å². The van der Waals surface area contributed by atoms with E-state index in [1.165, 1.54) is 7.11 Å². The van der Waals surface area contributed by atoms with Crippen LogP contribution in [0, 0.1) is 3.57 Å². The van der Waals surface area contributed by atoms with Gasteiger partial charge in [0.15, 0.2) is 0 Å². The third-order valence-corrected chi connectivity index (χ3v) is 2.89. The Morgan fingerprint density at radius 2 is 2.21 bits per heavy atom. The highest BCUT2D eigenvalue weighted by Crippen LogP contribution is 2.19. The lowest BCUT2D eigenvalue weighted by molar-refractivity contribution is -0.0757. The van der Waals surface area contributed by atoms with Crippen LogP contribution in [0.5, 0.6) is 0 Å². The van der Waals surface area contributed by atoms with E-state index in [9.17, 15) is 4.79 Å². The number of nitrogens with zero attached hydrogens (tertiary/aromatic N) is 1. The zero-order valence-electron chi connectivity index (χ0n) is 7.75. The Morgan fingerprint density at radius 1 is 1.57 bits per heavy atom. The molecule has 1 rings (SSSR count). The number of hydrogen-bond donors (Lipinski definition) is 0. The van der Waals surface area contributed by atoms with E-state index < -0.39 is 0 Å². The standard InChI is InChI=1S/C9H9ClINO2/c1-12(14-2)9(13)7-5-6(10)3-4-8(7)11/h3-5H,1-2H3. The Labute approximate surface area is 101 Å². The lowest BCUT2D eigenvalue weighted by atomic mass is 10.2. The summed E-state index contributed by atoms with van der Waals surface area (Å²) in [7, 11) is 2.99. The first kappa shape index (κ1) is 11.7. The average molecular weight is 326 g/mol. The molecule has 14 heavy (non-hydrogen) atoms. The minimum Gasteiger partial charge on any atom is -0.274 e. The molecule has 0 heterocycles. The fourth-order valence-corrected chi connectivity index (χ4v) is 1.65. The van der Waals surface area contributed by atoms with E-state index in [4.69, 9.17) is 16.4 Å². The highest BCUT2D eigenvalue weighted by atomic mass is 127. The Morgan fingerprint density at radius 3 is 2.79 bits per heavy atom. The molecule has 76 valence electrons. The second-order valence-electron chi connectivity index (χ2n) is 2.61. The Bertz CT molecular complexity index is 357. The maximum absolute atomic E-state index is 11.7. The van der Waals surface area contributed by atoms with Gasteiger partial charge >= 0.3 is 0 Å². The topological polar surface area (TPSA) is 29.5 Å². The second kappa shape index (κ2) is 4.95. The molecule has 0 bridgehead atoms. The second-order valence-corrected chi connectivity index (χ2v) is 4.21. The van der Waals surface area contributed by atoms with Crippen molar-refractivity contribution in [2.75, 3.05) is 14.2 Å². The van der Waals surface area contributed by atoms with Gasteiger partial charge in [-0.2, -0.15) is 0 Å². The maximum atomic E-state index is 11.7. The van der Waals surface area contributed by atoms with Crippen LogP contribution >= 0.6 is 34.2 Å². The first-order valence-corrected chi connectivity index (χ1v) is 5.29. The summed E-state index contributed by atoms with van der Waals surface area (Å²) in [5, 5.41) is 1.70. The fraction of sp³-hybridized carbons (Fsp3) is 0.222. The highest BCUT2D eigenvalue weighted by molar-refractivity contribution is 14.1. The number of carbonyl (C=O) groups excluding carboxylic acids is 1. The third-order valence-electron chi connectivity index (χ3n) is 1.72. The molecule has 0 saturated carbocycles. The van der Waals surface area contributed by atoms with Gasteiger partial charge in [-0.3, -0.25) is 9.63 Å². The number of hydrogen-bond acceptors (Lipinski definition) is 2. The van der Waals surface area contributed by atoms with Gasteiger partial charge in [-0.1, -0.05) is 11.6 Å². The summed E-state index contributed by atoms with van der Waals surface area (Å²) in [5.74, 6) is -0.209. The molecular weight excluding hydrogens is 316 g/mol. The van der Waals surface area contributed by atoms with E-state index in [-0.39, 0.29) is 5.91 Å². The van der Waals surface area contributed by atoms with Gasteiger partial charge in [-0.15, -0.1) is 0 Å². The predicted molar refractivity (Wildman–Crippen MR) is 63.3 cm³/mol. The van der Waals surface area contributed by atoms with Crippen LogP contribution in [0.15, 0.2) is 18.2 Å². The SMILES string of the molecule is CON(C)C(=O)c1cc(Cl)ccc1I. The number of carbonyl (C=O) groups is 1. The fourth-order valence-electron chi connectivity index (χ4n) is 0.914. The first-order valence-electron chi connectivity index (χ1n) is 3.83. The molecule has 0 N–H and O–H groups in total. The van der Waals surface area contributed by atoms with Gasteiger partial charge < -0.3 is 0 Å². The normalized spacial score (nSPS) is 10.0. The summed E-state index contributed by atoms with van der Waals surface area (Å²) in [5.41, 5.74) is 0.544. The minimum atomic E-state index is -0.209. The van der Waals surface area contributed by atoms with Crippen LogP contribution < -0.4 is 0 Å². The molecule has 0 spiro atoms. The Kier molecular flexibility index (Phi) is 4.15. The van der Waals surface area contributed by atoms with Crippen molar-refractivity contribution in [1.29, 1.82) is 0 Å². The monoisotopic (exact) mass is 325 g/mol. The summed E-state index contributed by atoms with van der Waals surface area (Å²) in [6.07, 6.45) is 0. The molecule has 1 aromatic rings. The van der Waals surface area contributed by atoms with Crippen LogP contribution in [0.4, 0.5) is 0 Å². The molecule has 0 aromatic heterocycles. The molecular formula is C9H9ClINO2. The van der Waals surface area contributed by atoms with Crippen molar-refractivity contribution in [2.45, 2.75) is 0 Å². The Hall–Kier alpha value is -0.330. The van der Waals surface area contributed by atoms with Crippen LogP contribution in [-0.2, 0) is 4.84 Å². The van der Waals surface area contributed by atoms with Gasteiger partial charge in [-0.25, -0.2) is 5.06 Å². The molecule has 0 atom stereocenters.